The lowest BCUT2D eigenvalue weighted by molar-refractivity contribution is -0.108. The largest absolute Gasteiger partial charge is 0.396 e. The second-order valence-corrected chi connectivity index (χ2v) is 17.5. The fourth-order valence-corrected chi connectivity index (χ4v) is 6.58. The van der Waals surface area contributed by atoms with Crippen LogP contribution in [-0.2, 0) is 14.3 Å². The monoisotopic (exact) mass is 934 g/mol. The summed E-state index contributed by atoms with van der Waals surface area (Å²) in [7, 11) is 1.87. The SMILES string of the molecule is CC.CCCCCCCCC=O.CCCCCCCCCC=O.CCCCCCCCCCCC.CCCCCCCCCCCCC.CCCOC(CO)CCCO.CNCCCO. The third-order valence-corrected chi connectivity index (χ3v) is 10.8. The first-order chi connectivity index (χ1) is 31.9. The molecular weight excluding hydrogens is 807 g/mol. The molecule has 0 bridgehead atoms. The molecule has 7 heteroatoms. The van der Waals surface area contributed by atoms with Gasteiger partial charge in [-0.15, -0.1) is 0 Å². The molecule has 0 spiro atoms. The highest BCUT2D eigenvalue weighted by atomic mass is 16.5. The van der Waals surface area contributed by atoms with Gasteiger partial charge in [0.25, 0.3) is 0 Å². The summed E-state index contributed by atoms with van der Waals surface area (Å²) >= 11 is 0. The molecular formula is C58H127NO6. The molecule has 0 fully saturated rings. The topological polar surface area (TPSA) is 116 Å². The molecule has 65 heavy (non-hydrogen) atoms. The zero-order chi connectivity index (χ0) is 50.2. The number of hydrogen-bond donors (Lipinski definition) is 4. The molecule has 0 heterocycles. The molecule has 0 amide bonds. The van der Waals surface area contributed by atoms with Crippen LogP contribution >= 0.6 is 0 Å². The number of carbonyl (C=O) groups excluding carboxylic acids is 2. The number of rotatable bonds is 44. The van der Waals surface area contributed by atoms with Gasteiger partial charge >= 0.3 is 0 Å². The quantitative estimate of drug-likeness (QED) is 0.0355. The van der Waals surface area contributed by atoms with Crippen LogP contribution in [0.5, 0.6) is 0 Å². The van der Waals surface area contributed by atoms with Crippen LogP contribution in [0, 0.1) is 0 Å². The van der Waals surface area contributed by atoms with Crippen molar-refractivity contribution >= 4 is 12.6 Å². The van der Waals surface area contributed by atoms with Crippen molar-refractivity contribution in [3.8, 4) is 0 Å². The first kappa shape index (κ1) is 78.3. The van der Waals surface area contributed by atoms with Gasteiger partial charge in [-0.3, -0.25) is 0 Å². The van der Waals surface area contributed by atoms with Crippen LogP contribution in [0.3, 0.4) is 0 Å². The molecule has 7 nitrogen and oxygen atoms in total. The fourth-order valence-electron chi connectivity index (χ4n) is 6.58. The molecule has 0 aromatic carbocycles. The summed E-state index contributed by atoms with van der Waals surface area (Å²) in [5.41, 5.74) is 0. The molecule has 1 atom stereocenters. The van der Waals surface area contributed by atoms with Gasteiger partial charge in [0.2, 0.25) is 0 Å². The zero-order valence-electron chi connectivity index (χ0n) is 46.6. The Hall–Kier alpha value is -0.860. The molecule has 0 aliphatic heterocycles. The van der Waals surface area contributed by atoms with Crippen molar-refractivity contribution in [2.24, 2.45) is 0 Å². The Morgan fingerprint density at radius 3 is 0.831 bits per heavy atom. The van der Waals surface area contributed by atoms with Gasteiger partial charge in [0.05, 0.1) is 12.7 Å². The van der Waals surface area contributed by atoms with Gasteiger partial charge in [0.1, 0.15) is 12.6 Å². The van der Waals surface area contributed by atoms with Crippen molar-refractivity contribution in [1.82, 2.24) is 5.32 Å². The van der Waals surface area contributed by atoms with Gasteiger partial charge in [0.15, 0.2) is 0 Å². The molecule has 1 unspecified atom stereocenters. The maximum atomic E-state index is 9.94. The summed E-state index contributed by atoms with van der Waals surface area (Å²) in [4.78, 5) is 19.8. The Kier molecular flexibility index (Phi) is 112. The van der Waals surface area contributed by atoms with Gasteiger partial charge in [-0.05, 0) is 52.1 Å². The molecule has 0 aliphatic rings. The van der Waals surface area contributed by atoms with E-state index in [4.69, 9.17) is 20.1 Å². The molecule has 0 radical (unpaired) electrons. The minimum atomic E-state index is -0.0814. The summed E-state index contributed by atoms with van der Waals surface area (Å²) in [5, 5.41) is 28.3. The number of ether oxygens (including phenoxy) is 1. The number of aliphatic hydroxyl groups is 3. The van der Waals surface area contributed by atoms with Gasteiger partial charge in [-0.2, -0.15) is 0 Å². The summed E-state index contributed by atoms with van der Waals surface area (Å²) in [6.07, 6.45) is 53.8. The zero-order valence-corrected chi connectivity index (χ0v) is 46.6. The number of nitrogens with one attached hydrogen (secondary N) is 1. The molecule has 0 aromatic rings. The standard InChI is InChI=1S/C13H28.C12H26.C10H20O.C9H18O.C8H18O3.C4H11NO.C2H6/c1-3-5-7-9-11-13-12-10-8-6-4-2;1-3-5-7-9-11-12-10-8-6-4-2;1-2-3-4-5-6-7-8-9-10-11;1-2-3-4-5-6-7-8-9-10;1-2-6-11-8(7-10)4-3-5-9;1-5-3-2-4-6;1-2/h3-13H2,1-2H3;3-12H2,1-2H3;10H,2-9H2,1H3;9H,2-8H2,1H3;8-10H,2-7H2,1H3;5-6H,2-4H2,1H3;1-2H3. The van der Waals surface area contributed by atoms with Gasteiger partial charge in [0, 0.05) is 32.7 Å². The summed E-state index contributed by atoms with van der Waals surface area (Å²) in [5.74, 6) is 0. The van der Waals surface area contributed by atoms with E-state index < -0.39 is 0 Å². The van der Waals surface area contributed by atoms with Crippen molar-refractivity contribution in [2.45, 2.75) is 325 Å². The molecule has 4 N–H and O–H groups in total. The molecule has 0 saturated carbocycles. The smallest absolute Gasteiger partial charge is 0.119 e. The highest BCUT2D eigenvalue weighted by Gasteiger charge is 2.05. The normalized spacial score (nSPS) is 10.4. The number of hydrogen-bond acceptors (Lipinski definition) is 7. The maximum Gasteiger partial charge on any atom is 0.119 e. The third kappa shape index (κ3) is 111. The van der Waals surface area contributed by atoms with Gasteiger partial charge in [-0.25, -0.2) is 0 Å². The Morgan fingerprint density at radius 1 is 0.385 bits per heavy atom. The van der Waals surface area contributed by atoms with Crippen molar-refractivity contribution < 1.29 is 29.6 Å². The van der Waals surface area contributed by atoms with Crippen molar-refractivity contribution in [3.63, 3.8) is 0 Å². The van der Waals surface area contributed by atoms with Gasteiger partial charge in [-0.1, -0.05) is 268 Å². The van der Waals surface area contributed by atoms with Crippen LogP contribution < -0.4 is 5.32 Å². The maximum absolute atomic E-state index is 9.94. The number of aldehydes is 2. The molecule has 400 valence electrons. The van der Waals surface area contributed by atoms with E-state index >= 15 is 0 Å². The van der Waals surface area contributed by atoms with E-state index in [-0.39, 0.29) is 19.3 Å². The first-order valence-electron chi connectivity index (χ1n) is 28.9. The van der Waals surface area contributed by atoms with Crippen LogP contribution in [0.1, 0.15) is 319 Å². The highest BCUT2D eigenvalue weighted by Crippen LogP contribution is 2.12. The Morgan fingerprint density at radius 2 is 0.646 bits per heavy atom. The Bertz CT molecular complexity index is 651. The van der Waals surface area contributed by atoms with Crippen molar-refractivity contribution in [2.75, 3.05) is 40.0 Å². The van der Waals surface area contributed by atoms with E-state index in [1.54, 1.807) is 0 Å². The minimum absolute atomic E-state index is 0.0556. The lowest BCUT2D eigenvalue weighted by atomic mass is 10.1. The predicted molar refractivity (Wildman–Crippen MR) is 293 cm³/mol. The van der Waals surface area contributed by atoms with Crippen LogP contribution in [0.15, 0.2) is 0 Å². The Balaban J connectivity index is -0.000000124. The minimum Gasteiger partial charge on any atom is -0.396 e. The van der Waals surface area contributed by atoms with Crippen LogP contribution in [0.4, 0.5) is 0 Å². The van der Waals surface area contributed by atoms with Crippen molar-refractivity contribution in [3.05, 3.63) is 0 Å². The molecule has 0 aliphatic carbocycles. The second kappa shape index (κ2) is 93.2. The first-order valence-corrected chi connectivity index (χ1v) is 28.9. The van der Waals surface area contributed by atoms with E-state index in [2.05, 4.69) is 46.9 Å². The van der Waals surface area contributed by atoms with Crippen LogP contribution in [-0.4, -0.2) is 74.0 Å². The molecule has 0 saturated heterocycles. The number of aliphatic hydroxyl groups excluding tert-OH is 3. The van der Waals surface area contributed by atoms with E-state index in [1.807, 2.05) is 27.8 Å². The van der Waals surface area contributed by atoms with E-state index in [0.717, 1.165) is 64.1 Å². The lowest BCUT2D eigenvalue weighted by Gasteiger charge is -2.13. The lowest BCUT2D eigenvalue weighted by Crippen LogP contribution is -2.18. The average Bonchev–Trinajstić information content (AvgIpc) is 3.34. The van der Waals surface area contributed by atoms with Crippen LogP contribution in [0.2, 0.25) is 0 Å². The molecule has 0 rings (SSSR count). The molecule has 0 aromatic heterocycles. The number of carbonyl (C=O) groups is 2. The van der Waals surface area contributed by atoms with E-state index in [0.29, 0.717) is 19.6 Å². The Labute approximate surface area is 411 Å². The van der Waals surface area contributed by atoms with Gasteiger partial charge < -0.3 is 35.0 Å². The summed E-state index contributed by atoms with van der Waals surface area (Å²) < 4.78 is 5.28. The van der Waals surface area contributed by atoms with E-state index in [1.165, 1.54) is 205 Å². The summed E-state index contributed by atoms with van der Waals surface area (Å²) in [6.45, 7) is 21.7. The average molecular weight is 935 g/mol. The highest BCUT2D eigenvalue weighted by molar-refractivity contribution is 5.49. The third-order valence-electron chi connectivity index (χ3n) is 10.8. The van der Waals surface area contributed by atoms with Crippen molar-refractivity contribution in [1.29, 1.82) is 0 Å². The van der Waals surface area contributed by atoms with E-state index in [9.17, 15) is 9.59 Å². The fraction of sp³-hybridized carbons (Fsp3) is 0.966. The predicted octanol–water partition coefficient (Wildman–Crippen LogP) is 17.7. The second-order valence-electron chi connectivity index (χ2n) is 17.5. The number of unbranched alkanes of at least 4 members (excludes halogenated alkanes) is 32. The van der Waals surface area contributed by atoms with Crippen LogP contribution in [0.25, 0.3) is 0 Å². The summed E-state index contributed by atoms with van der Waals surface area (Å²) in [6, 6.07) is 0.